The average molecular weight is 186 g/mol. The Morgan fingerprint density at radius 2 is 1.93 bits per heavy atom. The maximum absolute atomic E-state index is 5.56. The van der Waals surface area contributed by atoms with Gasteiger partial charge in [-0.05, 0) is 23.8 Å². The van der Waals surface area contributed by atoms with Crippen LogP contribution in [0.15, 0.2) is 41.3 Å². The van der Waals surface area contributed by atoms with Crippen LogP contribution in [0.5, 0.6) is 0 Å². The van der Waals surface area contributed by atoms with E-state index in [-0.39, 0.29) is 0 Å². The SMILES string of the molecule is Nc1ccc(C=Cc2cnco2)cc1. The summed E-state index contributed by atoms with van der Waals surface area (Å²) in [5, 5.41) is 0. The Morgan fingerprint density at radius 1 is 1.14 bits per heavy atom. The molecule has 0 saturated heterocycles. The molecule has 3 nitrogen and oxygen atoms in total. The molecule has 0 radical (unpaired) electrons. The van der Waals surface area contributed by atoms with E-state index in [1.54, 1.807) is 6.20 Å². The van der Waals surface area contributed by atoms with Crippen LogP contribution in [-0.4, -0.2) is 4.98 Å². The van der Waals surface area contributed by atoms with Crippen LogP contribution in [0, 0.1) is 0 Å². The minimum atomic E-state index is 0.738. The van der Waals surface area contributed by atoms with Crippen molar-refractivity contribution in [3.63, 3.8) is 0 Å². The average Bonchev–Trinajstić information content (AvgIpc) is 2.70. The number of hydrogen-bond acceptors (Lipinski definition) is 3. The number of benzene rings is 1. The second-order valence-electron chi connectivity index (χ2n) is 2.90. The van der Waals surface area contributed by atoms with E-state index >= 15 is 0 Å². The highest BCUT2D eigenvalue weighted by Crippen LogP contribution is 2.09. The van der Waals surface area contributed by atoms with Crippen LogP contribution in [0.25, 0.3) is 12.2 Å². The standard InChI is InChI=1S/C11H10N2O/c12-10-4-1-9(2-5-10)3-6-11-7-13-8-14-11/h1-8H,12H2. The van der Waals surface area contributed by atoms with Crippen LogP contribution < -0.4 is 5.73 Å². The molecule has 1 aromatic carbocycles. The van der Waals surface area contributed by atoms with Gasteiger partial charge in [0.15, 0.2) is 6.39 Å². The topological polar surface area (TPSA) is 52.0 Å². The smallest absolute Gasteiger partial charge is 0.181 e. The van der Waals surface area contributed by atoms with Crippen molar-refractivity contribution in [3.8, 4) is 0 Å². The second kappa shape index (κ2) is 3.79. The van der Waals surface area contributed by atoms with Crippen LogP contribution in [0.3, 0.4) is 0 Å². The predicted octanol–water partition coefficient (Wildman–Crippen LogP) is 2.43. The number of nitrogen functional groups attached to an aromatic ring is 1. The summed E-state index contributed by atoms with van der Waals surface area (Å²) in [7, 11) is 0. The lowest BCUT2D eigenvalue weighted by molar-refractivity contribution is 0.548. The summed E-state index contributed by atoms with van der Waals surface area (Å²) in [5.41, 5.74) is 7.41. The first-order valence-corrected chi connectivity index (χ1v) is 4.27. The summed E-state index contributed by atoms with van der Waals surface area (Å²) < 4.78 is 5.06. The monoisotopic (exact) mass is 186 g/mol. The number of anilines is 1. The molecule has 0 spiro atoms. The Hall–Kier alpha value is -2.03. The Bertz CT molecular complexity index is 415. The lowest BCUT2D eigenvalue weighted by Crippen LogP contribution is -1.82. The van der Waals surface area contributed by atoms with Crippen LogP contribution in [-0.2, 0) is 0 Å². The molecule has 3 heteroatoms. The summed E-state index contributed by atoms with van der Waals surface area (Å²) in [4.78, 5) is 3.81. The summed E-state index contributed by atoms with van der Waals surface area (Å²) >= 11 is 0. The van der Waals surface area contributed by atoms with E-state index in [4.69, 9.17) is 10.2 Å². The number of hydrogen-bond donors (Lipinski definition) is 1. The molecule has 2 N–H and O–H groups in total. The van der Waals surface area contributed by atoms with E-state index in [9.17, 15) is 0 Å². The first-order valence-electron chi connectivity index (χ1n) is 4.27. The lowest BCUT2D eigenvalue weighted by atomic mass is 10.2. The molecule has 0 atom stereocenters. The zero-order valence-corrected chi connectivity index (χ0v) is 7.55. The molecule has 0 amide bonds. The molecule has 0 saturated carbocycles. The van der Waals surface area contributed by atoms with Crippen LogP contribution in [0.2, 0.25) is 0 Å². The molecule has 70 valence electrons. The van der Waals surface area contributed by atoms with Crippen LogP contribution in [0.1, 0.15) is 11.3 Å². The van der Waals surface area contributed by atoms with Gasteiger partial charge in [-0.25, -0.2) is 4.98 Å². The molecular weight excluding hydrogens is 176 g/mol. The Morgan fingerprint density at radius 3 is 2.57 bits per heavy atom. The number of nitrogens with two attached hydrogens (primary N) is 1. The van der Waals surface area contributed by atoms with Gasteiger partial charge in [-0.2, -0.15) is 0 Å². The predicted molar refractivity (Wildman–Crippen MR) is 56.3 cm³/mol. The first kappa shape index (κ1) is 8.56. The molecule has 2 aromatic rings. The molecule has 2 rings (SSSR count). The normalized spacial score (nSPS) is 10.9. The maximum atomic E-state index is 5.56. The van der Waals surface area contributed by atoms with Crippen molar-refractivity contribution in [2.75, 3.05) is 5.73 Å². The molecule has 0 aliphatic rings. The highest BCUT2D eigenvalue weighted by Gasteiger charge is 1.89. The third kappa shape index (κ3) is 2.01. The Balaban J connectivity index is 2.15. The van der Waals surface area contributed by atoms with Crippen molar-refractivity contribution in [1.29, 1.82) is 0 Å². The van der Waals surface area contributed by atoms with Gasteiger partial charge in [-0.1, -0.05) is 18.2 Å². The van der Waals surface area contributed by atoms with Gasteiger partial charge in [0.25, 0.3) is 0 Å². The Kier molecular flexibility index (Phi) is 2.32. The van der Waals surface area contributed by atoms with Crippen molar-refractivity contribution in [1.82, 2.24) is 4.98 Å². The van der Waals surface area contributed by atoms with Crippen molar-refractivity contribution < 1.29 is 4.42 Å². The quantitative estimate of drug-likeness (QED) is 0.733. The number of oxazole rings is 1. The van der Waals surface area contributed by atoms with E-state index in [0.29, 0.717) is 0 Å². The zero-order chi connectivity index (χ0) is 9.80. The van der Waals surface area contributed by atoms with E-state index in [1.807, 2.05) is 36.4 Å². The van der Waals surface area contributed by atoms with Crippen molar-refractivity contribution in [3.05, 3.63) is 48.2 Å². The fourth-order valence-corrected chi connectivity index (χ4v) is 1.09. The number of aromatic nitrogens is 1. The molecular formula is C11H10N2O. The van der Waals surface area contributed by atoms with Crippen molar-refractivity contribution in [2.45, 2.75) is 0 Å². The summed E-state index contributed by atoms with van der Waals surface area (Å²) in [6, 6.07) is 7.62. The van der Waals surface area contributed by atoms with Crippen LogP contribution in [0.4, 0.5) is 5.69 Å². The minimum absolute atomic E-state index is 0.738. The highest BCUT2D eigenvalue weighted by molar-refractivity contribution is 5.67. The summed E-state index contributed by atoms with van der Waals surface area (Å²) in [6.07, 6.45) is 6.87. The van der Waals surface area contributed by atoms with Gasteiger partial charge in [0.1, 0.15) is 5.76 Å². The molecule has 0 bridgehead atoms. The van der Waals surface area contributed by atoms with Crippen LogP contribution >= 0.6 is 0 Å². The van der Waals surface area contributed by atoms with Gasteiger partial charge in [0.05, 0.1) is 6.20 Å². The molecule has 0 unspecified atom stereocenters. The van der Waals surface area contributed by atoms with Crippen molar-refractivity contribution >= 4 is 17.8 Å². The number of nitrogens with zero attached hydrogens (tertiary/aromatic N) is 1. The van der Waals surface area contributed by atoms with Gasteiger partial charge in [0.2, 0.25) is 0 Å². The van der Waals surface area contributed by atoms with Gasteiger partial charge in [-0.3, -0.25) is 0 Å². The lowest BCUT2D eigenvalue weighted by Gasteiger charge is -1.93. The third-order valence-electron chi connectivity index (χ3n) is 1.83. The maximum Gasteiger partial charge on any atom is 0.181 e. The fourth-order valence-electron chi connectivity index (χ4n) is 1.09. The fraction of sp³-hybridized carbons (Fsp3) is 0. The van der Waals surface area contributed by atoms with E-state index in [1.165, 1.54) is 6.39 Å². The van der Waals surface area contributed by atoms with Gasteiger partial charge >= 0.3 is 0 Å². The van der Waals surface area contributed by atoms with Gasteiger partial charge in [-0.15, -0.1) is 0 Å². The summed E-state index contributed by atoms with van der Waals surface area (Å²) in [6.45, 7) is 0. The van der Waals surface area contributed by atoms with E-state index < -0.39 is 0 Å². The molecule has 1 heterocycles. The van der Waals surface area contributed by atoms with E-state index in [0.717, 1.165) is 17.0 Å². The highest BCUT2D eigenvalue weighted by atomic mass is 16.3. The zero-order valence-electron chi connectivity index (χ0n) is 7.55. The van der Waals surface area contributed by atoms with Gasteiger partial charge < -0.3 is 10.2 Å². The molecule has 14 heavy (non-hydrogen) atoms. The second-order valence-corrected chi connectivity index (χ2v) is 2.90. The molecule has 1 aromatic heterocycles. The van der Waals surface area contributed by atoms with Crippen molar-refractivity contribution in [2.24, 2.45) is 0 Å². The third-order valence-corrected chi connectivity index (χ3v) is 1.83. The minimum Gasteiger partial charge on any atom is -0.444 e. The number of rotatable bonds is 2. The molecule has 0 fully saturated rings. The summed E-state index contributed by atoms with van der Waals surface area (Å²) in [5.74, 6) is 0.738. The van der Waals surface area contributed by atoms with E-state index in [2.05, 4.69) is 4.98 Å². The first-order chi connectivity index (χ1) is 6.84. The molecule has 0 aliphatic carbocycles. The molecule has 0 aliphatic heterocycles. The largest absolute Gasteiger partial charge is 0.444 e. The Labute approximate surface area is 81.9 Å². The van der Waals surface area contributed by atoms with Gasteiger partial charge in [0, 0.05) is 5.69 Å².